The highest BCUT2D eigenvalue weighted by molar-refractivity contribution is 9.15. The molecule has 2 rings (SSSR count). The maximum Gasteiger partial charge on any atom is 0.118 e. The predicted molar refractivity (Wildman–Crippen MR) is 81.0 cm³/mol. The fraction of sp³-hybridized carbons (Fsp3) is 0.125. The maximum atomic E-state index is 5.14. The van der Waals surface area contributed by atoms with Gasteiger partial charge in [0.25, 0.3) is 0 Å². The van der Waals surface area contributed by atoms with E-state index in [0.717, 1.165) is 15.8 Å². The molecule has 0 amide bonds. The third kappa shape index (κ3) is 3.23. The number of methoxy groups -OCH3 is 1. The lowest BCUT2D eigenvalue weighted by Gasteiger charge is -2.02. The molecule has 0 aromatic heterocycles. The molecule has 1 nitrogen and oxygen atoms in total. The van der Waals surface area contributed by atoms with E-state index < -0.39 is 0 Å². The van der Waals surface area contributed by atoms with Crippen molar-refractivity contribution < 1.29 is 4.74 Å². The van der Waals surface area contributed by atoms with E-state index in [2.05, 4.69) is 53.2 Å². The minimum Gasteiger partial charge on any atom is -0.497 e. The van der Waals surface area contributed by atoms with Crippen LogP contribution in [0.3, 0.4) is 0 Å². The largest absolute Gasteiger partial charge is 0.497 e. The van der Waals surface area contributed by atoms with Gasteiger partial charge in [-0.2, -0.15) is 0 Å². The molecule has 0 N–H and O–H groups in total. The number of ether oxygens (including phenoxy) is 1. The molecule has 0 aliphatic carbocycles. The molecular weight excluding hydrogens is 288 g/mol. The van der Waals surface area contributed by atoms with Crippen molar-refractivity contribution in [2.75, 3.05) is 7.11 Å². The minimum atomic E-state index is 0.874. The molecule has 92 valence electrons. The normalized spacial score (nSPS) is 11.4. The zero-order chi connectivity index (χ0) is 13.0. The third-order valence-electron chi connectivity index (χ3n) is 2.74. The standard InChI is InChI=1S/C16H15BrO/c1-12-3-7-14(8-4-12)16(17)11-13-5-9-15(18-2)10-6-13/h3-11H,1-2H3/b16-11-. The topological polar surface area (TPSA) is 9.23 Å². The average molecular weight is 303 g/mol. The van der Waals surface area contributed by atoms with Gasteiger partial charge in [-0.05, 0) is 36.3 Å². The Balaban J connectivity index is 2.23. The van der Waals surface area contributed by atoms with Crippen LogP contribution in [0.5, 0.6) is 5.75 Å². The van der Waals surface area contributed by atoms with Crippen LogP contribution in [0.25, 0.3) is 10.6 Å². The molecule has 0 radical (unpaired) electrons. The lowest BCUT2D eigenvalue weighted by Crippen LogP contribution is -1.82. The summed E-state index contributed by atoms with van der Waals surface area (Å²) in [7, 11) is 1.67. The first-order valence-corrected chi connectivity index (χ1v) is 6.56. The fourth-order valence-corrected chi connectivity index (χ4v) is 2.17. The Morgan fingerprint density at radius 1 is 1.00 bits per heavy atom. The van der Waals surface area contributed by atoms with Crippen molar-refractivity contribution in [1.29, 1.82) is 0 Å². The molecule has 0 aliphatic rings. The van der Waals surface area contributed by atoms with Crippen molar-refractivity contribution in [1.82, 2.24) is 0 Å². The second kappa shape index (κ2) is 5.87. The molecule has 18 heavy (non-hydrogen) atoms. The molecule has 0 fully saturated rings. The van der Waals surface area contributed by atoms with Gasteiger partial charge < -0.3 is 4.74 Å². The molecule has 2 heteroatoms. The van der Waals surface area contributed by atoms with Gasteiger partial charge in [0.05, 0.1) is 7.11 Å². The Morgan fingerprint density at radius 3 is 2.17 bits per heavy atom. The van der Waals surface area contributed by atoms with E-state index in [1.807, 2.05) is 24.3 Å². The van der Waals surface area contributed by atoms with Crippen LogP contribution < -0.4 is 4.74 Å². The van der Waals surface area contributed by atoms with E-state index in [9.17, 15) is 0 Å². The summed E-state index contributed by atoms with van der Waals surface area (Å²) >= 11 is 3.61. The minimum absolute atomic E-state index is 0.874. The molecule has 0 spiro atoms. The van der Waals surface area contributed by atoms with Crippen molar-refractivity contribution in [3.05, 3.63) is 65.2 Å². The number of hydrogen-bond acceptors (Lipinski definition) is 1. The number of hydrogen-bond donors (Lipinski definition) is 0. The van der Waals surface area contributed by atoms with Gasteiger partial charge in [0.15, 0.2) is 0 Å². The zero-order valence-electron chi connectivity index (χ0n) is 10.5. The number of aryl methyl sites for hydroxylation is 1. The van der Waals surface area contributed by atoms with Gasteiger partial charge in [0, 0.05) is 4.48 Å². The number of halogens is 1. The Morgan fingerprint density at radius 2 is 1.61 bits per heavy atom. The van der Waals surface area contributed by atoms with Crippen LogP contribution in [0.15, 0.2) is 48.5 Å². The molecule has 2 aromatic carbocycles. The number of benzene rings is 2. The van der Waals surface area contributed by atoms with Gasteiger partial charge in [-0.1, -0.05) is 57.9 Å². The van der Waals surface area contributed by atoms with Crippen molar-refractivity contribution in [2.45, 2.75) is 6.92 Å². The highest BCUT2D eigenvalue weighted by atomic mass is 79.9. The SMILES string of the molecule is COc1ccc(/C=C(\Br)c2ccc(C)cc2)cc1. The van der Waals surface area contributed by atoms with Gasteiger partial charge in [-0.3, -0.25) is 0 Å². The second-order valence-electron chi connectivity index (χ2n) is 4.13. The molecule has 2 aromatic rings. The van der Waals surface area contributed by atoms with Crippen molar-refractivity contribution in [3.63, 3.8) is 0 Å². The summed E-state index contributed by atoms with van der Waals surface area (Å²) in [6, 6.07) is 16.4. The van der Waals surface area contributed by atoms with Gasteiger partial charge in [0.2, 0.25) is 0 Å². The van der Waals surface area contributed by atoms with E-state index in [1.165, 1.54) is 11.1 Å². The molecule has 0 atom stereocenters. The molecule has 0 bridgehead atoms. The highest BCUT2D eigenvalue weighted by Crippen LogP contribution is 2.25. The van der Waals surface area contributed by atoms with Crippen LogP contribution in [0, 0.1) is 6.92 Å². The third-order valence-corrected chi connectivity index (χ3v) is 3.42. The maximum absolute atomic E-state index is 5.14. The van der Waals surface area contributed by atoms with Gasteiger partial charge in [0.1, 0.15) is 5.75 Å². The Bertz CT molecular complexity index is 538. The van der Waals surface area contributed by atoms with Crippen molar-refractivity contribution in [2.24, 2.45) is 0 Å². The van der Waals surface area contributed by atoms with Gasteiger partial charge in [-0.25, -0.2) is 0 Å². The quantitative estimate of drug-likeness (QED) is 0.733. The second-order valence-corrected chi connectivity index (χ2v) is 4.99. The number of rotatable bonds is 3. The molecule has 0 heterocycles. The Kier molecular flexibility index (Phi) is 4.21. The van der Waals surface area contributed by atoms with E-state index in [0.29, 0.717) is 0 Å². The monoisotopic (exact) mass is 302 g/mol. The molecule has 0 saturated heterocycles. The lowest BCUT2D eigenvalue weighted by molar-refractivity contribution is 0.415. The Hall–Kier alpha value is -1.54. The van der Waals surface area contributed by atoms with Crippen LogP contribution >= 0.6 is 15.9 Å². The van der Waals surface area contributed by atoms with Crippen LogP contribution in [0.2, 0.25) is 0 Å². The average Bonchev–Trinajstić information content (AvgIpc) is 2.40. The van der Waals surface area contributed by atoms with E-state index >= 15 is 0 Å². The van der Waals surface area contributed by atoms with E-state index in [1.54, 1.807) is 7.11 Å². The van der Waals surface area contributed by atoms with Crippen LogP contribution in [0.1, 0.15) is 16.7 Å². The van der Waals surface area contributed by atoms with Crippen LogP contribution in [-0.4, -0.2) is 7.11 Å². The summed E-state index contributed by atoms with van der Waals surface area (Å²) in [4.78, 5) is 0. The highest BCUT2D eigenvalue weighted by Gasteiger charge is 1.98. The molecular formula is C16H15BrO. The Labute approximate surface area is 116 Å². The summed E-state index contributed by atoms with van der Waals surface area (Å²) in [5, 5.41) is 0. The zero-order valence-corrected chi connectivity index (χ0v) is 12.1. The summed E-state index contributed by atoms with van der Waals surface area (Å²) in [6.45, 7) is 2.09. The summed E-state index contributed by atoms with van der Waals surface area (Å²) in [6.07, 6.45) is 2.10. The van der Waals surface area contributed by atoms with Gasteiger partial charge >= 0.3 is 0 Å². The molecule has 0 unspecified atom stereocenters. The summed E-state index contributed by atoms with van der Waals surface area (Å²) < 4.78 is 6.22. The van der Waals surface area contributed by atoms with E-state index in [4.69, 9.17) is 4.74 Å². The molecule has 0 aliphatic heterocycles. The smallest absolute Gasteiger partial charge is 0.118 e. The van der Waals surface area contributed by atoms with Gasteiger partial charge in [-0.15, -0.1) is 0 Å². The van der Waals surface area contributed by atoms with Crippen molar-refractivity contribution >= 4 is 26.5 Å². The molecule has 0 saturated carbocycles. The first-order valence-electron chi connectivity index (χ1n) is 5.77. The van der Waals surface area contributed by atoms with E-state index in [-0.39, 0.29) is 0 Å². The van der Waals surface area contributed by atoms with Crippen LogP contribution in [0.4, 0.5) is 0 Å². The first kappa shape index (κ1) is 12.9. The lowest BCUT2D eigenvalue weighted by atomic mass is 10.1. The summed E-state index contributed by atoms with van der Waals surface area (Å²) in [5.74, 6) is 0.874. The first-order chi connectivity index (χ1) is 8.69. The van der Waals surface area contributed by atoms with Crippen LogP contribution in [-0.2, 0) is 0 Å². The predicted octanol–water partition coefficient (Wildman–Crippen LogP) is 4.90. The van der Waals surface area contributed by atoms with Crippen molar-refractivity contribution in [3.8, 4) is 5.75 Å². The summed E-state index contributed by atoms with van der Waals surface area (Å²) in [5.41, 5.74) is 3.59. The fourth-order valence-electron chi connectivity index (χ4n) is 1.64.